The van der Waals surface area contributed by atoms with Crippen LogP contribution < -0.4 is 4.90 Å². The van der Waals surface area contributed by atoms with E-state index in [0.29, 0.717) is 16.0 Å². The summed E-state index contributed by atoms with van der Waals surface area (Å²) in [5.41, 5.74) is -0.484. The summed E-state index contributed by atoms with van der Waals surface area (Å²) in [4.78, 5) is 23.2. The van der Waals surface area contributed by atoms with Crippen LogP contribution >= 0.6 is 11.6 Å². The highest BCUT2D eigenvalue weighted by Crippen LogP contribution is 2.33. The molecule has 2 heterocycles. The zero-order chi connectivity index (χ0) is 17.5. The zero-order valence-corrected chi connectivity index (χ0v) is 14.6. The van der Waals surface area contributed by atoms with E-state index in [4.69, 9.17) is 16.3 Å². The van der Waals surface area contributed by atoms with E-state index in [9.17, 15) is 10.0 Å². The van der Waals surface area contributed by atoms with Crippen molar-refractivity contribution in [2.75, 3.05) is 4.90 Å². The van der Waals surface area contributed by atoms with E-state index in [1.54, 1.807) is 0 Å². The third-order valence-electron chi connectivity index (χ3n) is 3.87. The molecule has 24 heavy (non-hydrogen) atoms. The summed E-state index contributed by atoms with van der Waals surface area (Å²) in [6, 6.07) is -0.0314. The largest absolute Gasteiger partial charge is 0.443 e. The highest BCUT2D eigenvalue weighted by Gasteiger charge is 2.34. The average Bonchev–Trinajstić information content (AvgIpc) is 3.08. The van der Waals surface area contributed by atoms with E-state index in [0.717, 1.165) is 25.7 Å². The van der Waals surface area contributed by atoms with Gasteiger partial charge in [0.2, 0.25) is 10.9 Å². The fourth-order valence-corrected chi connectivity index (χ4v) is 3.08. The first kappa shape index (κ1) is 16.8. The maximum atomic E-state index is 12.8. The Morgan fingerprint density at radius 1 is 1.38 bits per heavy atom. The van der Waals surface area contributed by atoms with Crippen molar-refractivity contribution < 1.29 is 14.7 Å². The molecule has 1 N–H and O–H groups in total. The summed E-state index contributed by atoms with van der Waals surface area (Å²) in [7, 11) is 0. The third-order valence-corrected chi connectivity index (χ3v) is 4.04. The second-order valence-electron chi connectivity index (χ2n) is 6.88. The fraction of sp³-hybridized carbons (Fsp3) is 0.600. The van der Waals surface area contributed by atoms with E-state index in [-0.39, 0.29) is 17.0 Å². The van der Waals surface area contributed by atoms with Gasteiger partial charge in [-0.25, -0.2) is 4.79 Å². The second kappa shape index (κ2) is 6.08. The molecule has 1 fully saturated rings. The van der Waals surface area contributed by atoms with Crippen molar-refractivity contribution in [3.05, 3.63) is 11.5 Å². The first-order chi connectivity index (χ1) is 11.3. The van der Waals surface area contributed by atoms with Crippen LogP contribution in [0.2, 0.25) is 5.28 Å². The number of hydrogen-bond donors (Lipinski definition) is 1. The highest BCUT2D eigenvalue weighted by molar-refractivity contribution is 6.28. The molecule has 0 radical (unpaired) electrons. The Bertz CT molecular complexity index is 764. The van der Waals surface area contributed by atoms with Gasteiger partial charge in [-0.3, -0.25) is 4.90 Å². The smallest absolute Gasteiger partial charge is 0.416 e. The summed E-state index contributed by atoms with van der Waals surface area (Å²) in [6.45, 7) is 5.43. The van der Waals surface area contributed by atoms with E-state index in [1.165, 1.54) is 11.1 Å². The Morgan fingerprint density at radius 2 is 2.04 bits per heavy atom. The van der Waals surface area contributed by atoms with Gasteiger partial charge in [0.15, 0.2) is 5.82 Å². The normalized spacial score (nSPS) is 15.8. The number of fused-ring (bicyclic) bond motifs is 1. The molecular weight excluding hydrogens is 334 g/mol. The van der Waals surface area contributed by atoms with Gasteiger partial charge >= 0.3 is 6.09 Å². The summed E-state index contributed by atoms with van der Waals surface area (Å²) in [5, 5.41) is 13.9. The average molecular weight is 354 g/mol. The number of amides is 1. The van der Waals surface area contributed by atoms with Crippen LogP contribution in [0, 0.1) is 0 Å². The second-order valence-corrected chi connectivity index (χ2v) is 7.21. The Hall–Kier alpha value is -2.09. The molecule has 0 unspecified atom stereocenters. The molecule has 2 aromatic rings. The molecular formula is C15H20ClN5O3. The minimum Gasteiger partial charge on any atom is -0.443 e. The molecule has 0 atom stereocenters. The predicted molar refractivity (Wildman–Crippen MR) is 88.5 cm³/mol. The maximum Gasteiger partial charge on any atom is 0.416 e. The van der Waals surface area contributed by atoms with Crippen molar-refractivity contribution in [1.82, 2.24) is 19.9 Å². The molecule has 130 valence electrons. The van der Waals surface area contributed by atoms with Gasteiger partial charge in [-0.05, 0) is 45.2 Å². The molecule has 9 heteroatoms. The van der Waals surface area contributed by atoms with Crippen molar-refractivity contribution in [2.45, 2.75) is 58.1 Å². The predicted octanol–water partition coefficient (Wildman–Crippen LogP) is 3.40. The van der Waals surface area contributed by atoms with Crippen LogP contribution in [0.4, 0.5) is 10.6 Å². The Morgan fingerprint density at radius 3 is 2.67 bits per heavy atom. The molecule has 2 aromatic heterocycles. The molecule has 3 rings (SSSR count). The van der Waals surface area contributed by atoms with E-state index >= 15 is 0 Å². The Kier molecular flexibility index (Phi) is 4.25. The lowest BCUT2D eigenvalue weighted by Gasteiger charge is -2.31. The van der Waals surface area contributed by atoms with Gasteiger partial charge in [0, 0.05) is 6.04 Å². The number of rotatable bonds is 2. The lowest BCUT2D eigenvalue weighted by molar-refractivity contribution is 0.0565. The van der Waals surface area contributed by atoms with Gasteiger partial charge < -0.3 is 9.94 Å². The zero-order valence-electron chi connectivity index (χ0n) is 13.9. The summed E-state index contributed by atoms with van der Waals surface area (Å²) in [6.07, 6.45) is 4.70. The van der Waals surface area contributed by atoms with Gasteiger partial charge in [-0.15, -0.1) is 5.10 Å². The van der Waals surface area contributed by atoms with Crippen molar-refractivity contribution in [3.8, 4) is 0 Å². The van der Waals surface area contributed by atoms with Crippen molar-refractivity contribution in [2.24, 2.45) is 0 Å². The summed E-state index contributed by atoms with van der Waals surface area (Å²) in [5.74, 6) is 0.312. The number of ether oxygens (including phenoxy) is 1. The first-order valence-corrected chi connectivity index (χ1v) is 8.27. The van der Waals surface area contributed by atoms with Gasteiger partial charge in [-0.1, -0.05) is 17.7 Å². The SMILES string of the molecule is CC(C)(C)OC(=O)N(c1nc(Cl)nc2c1cnn2O)C1CCCC1. The molecule has 1 saturated carbocycles. The minimum absolute atomic E-state index is 0.0314. The van der Waals surface area contributed by atoms with Crippen molar-refractivity contribution in [1.29, 1.82) is 0 Å². The van der Waals surface area contributed by atoms with Crippen LogP contribution in [0.3, 0.4) is 0 Å². The molecule has 8 nitrogen and oxygen atoms in total. The van der Waals surface area contributed by atoms with Crippen molar-refractivity contribution in [3.63, 3.8) is 0 Å². The molecule has 1 aliphatic carbocycles. The molecule has 0 saturated heterocycles. The lowest BCUT2D eigenvalue weighted by atomic mass is 10.2. The molecule has 1 amide bonds. The molecule has 0 bridgehead atoms. The van der Waals surface area contributed by atoms with Crippen LogP contribution in [0.1, 0.15) is 46.5 Å². The number of carbonyl (C=O) groups excluding carboxylic acids is 1. The van der Waals surface area contributed by atoms with Crippen molar-refractivity contribution >= 4 is 34.5 Å². The van der Waals surface area contributed by atoms with E-state index in [2.05, 4.69) is 15.1 Å². The minimum atomic E-state index is -0.634. The van der Waals surface area contributed by atoms with Crippen LogP contribution in [-0.2, 0) is 4.74 Å². The molecule has 0 aromatic carbocycles. The fourth-order valence-electron chi connectivity index (χ4n) is 2.92. The highest BCUT2D eigenvalue weighted by atomic mass is 35.5. The Balaban J connectivity index is 2.10. The summed E-state index contributed by atoms with van der Waals surface area (Å²) >= 11 is 5.99. The molecule has 0 spiro atoms. The number of nitrogens with zero attached hydrogens (tertiary/aromatic N) is 5. The number of anilines is 1. The number of hydrogen-bond acceptors (Lipinski definition) is 6. The molecule has 1 aliphatic rings. The lowest BCUT2D eigenvalue weighted by Crippen LogP contribution is -2.43. The Labute approximate surface area is 144 Å². The van der Waals surface area contributed by atoms with Gasteiger partial charge in [0.1, 0.15) is 5.60 Å². The number of halogens is 1. The topological polar surface area (TPSA) is 93.4 Å². The van der Waals surface area contributed by atoms with Gasteiger partial charge in [0.05, 0.1) is 11.6 Å². The van der Waals surface area contributed by atoms with Gasteiger partial charge in [0.25, 0.3) is 0 Å². The van der Waals surface area contributed by atoms with E-state index in [1.807, 2.05) is 20.8 Å². The van der Waals surface area contributed by atoms with Crippen LogP contribution in [0.25, 0.3) is 11.0 Å². The summed E-state index contributed by atoms with van der Waals surface area (Å²) < 4.78 is 5.56. The number of carbonyl (C=O) groups is 1. The number of aromatic nitrogens is 4. The third kappa shape index (κ3) is 3.24. The maximum absolute atomic E-state index is 12.8. The van der Waals surface area contributed by atoms with E-state index < -0.39 is 11.7 Å². The monoisotopic (exact) mass is 353 g/mol. The molecule has 0 aliphatic heterocycles. The van der Waals surface area contributed by atoms with Crippen LogP contribution in [-0.4, -0.2) is 42.9 Å². The van der Waals surface area contributed by atoms with Gasteiger partial charge in [-0.2, -0.15) is 9.97 Å². The standard InChI is InChI=1S/C15H20ClN5O3/c1-15(2,3)24-14(22)20(9-6-4-5-7-9)11-10-8-17-21(23)12(10)19-13(16)18-11/h8-9,23H,4-7H2,1-3H3. The van der Waals surface area contributed by atoms with Crippen LogP contribution in [0.15, 0.2) is 6.20 Å². The quantitative estimate of drug-likeness (QED) is 0.657. The first-order valence-electron chi connectivity index (χ1n) is 7.89. The van der Waals surface area contributed by atoms with Crippen LogP contribution in [0.5, 0.6) is 0 Å².